The number of halogens is 3. The summed E-state index contributed by atoms with van der Waals surface area (Å²) in [6.07, 6.45) is 0. The van der Waals surface area contributed by atoms with Crippen molar-refractivity contribution in [3.63, 3.8) is 0 Å². The largest absolute Gasteiger partial charge is 0.492 e. The molecule has 6 heteroatoms. The monoisotopic (exact) mass is 387 g/mol. The molecule has 0 saturated carbocycles. The lowest BCUT2D eigenvalue weighted by atomic mass is 10.2. The predicted octanol–water partition coefficient (Wildman–Crippen LogP) is 5.41. The van der Waals surface area contributed by atoms with Crippen LogP contribution in [0.25, 0.3) is 0 Å². The summed E-state index contributed by atoms with van der Waals surface area (Å²) in [5.41, 5.74) is 0.874. The Hall–Kier alpha value is -1.23. The minimum atomic E-state index is -0.329. The first-order valence-electron chi connectivity index (χ1n) is 6.20. The molecular formula is C15H12BrCl2NO2. The highest BCUT2D eigenvalue weighted by Gasteiger charge is 2.15. The quantitative estimate of drug-likeness (QED) is 0.760. The molecule has 1 N–H and O–H groups in total. The molecule has 0 fully saturated rings. The zero-order valence-corrected chi connectivity index (χ0v) is 14.2. The van der Waals surface area contributed by atoms with E-state index < -0.39 is 0 Å². The van der Waals surface area contributed by atoms with Gasteiger partial charge in [-0.1, -0.05) is 29.3 Å². The van der Waals surface area contributed by atoms with Crippen molar-refractivity contribution < 1.29 is 9.53 Å². The van der Waals surface area contributed by atoms with Gasteiger partial charge in [0, 0.05) is 9.50 Å². The number of carbonyl (C=O) groups is 1. The standard InChI is InChI=1S/C15H12BrCl2NO2/c1-2-21-13-7-6-9(17)8-12(13)19-15(20)10-4-3-5-11(16)14(10)18/h3-8H,2H2,1H3,(H,19,20). The molecule has 0 spiro atoms. The molecule has 2 rings (SSSR count). The number of amides is 1. The molecular weight excluding hydrogens is 377 g/mol. The second kappa shape index (κ2) is 7.16. The Balaban J connectivity index is 2.31. The fourth-order valence-electron chi connectivity index (χ4n) is 1.75. The predicted molar refractivity (Wildman–Crippen MR) is 89.7 cm³/mol. The highest BCUT2D eigenvalue weighted by molar-refractivity contribution is 9.10. The Morgan fingerprint density at radius 2 is 2.05 bits per heavy atom. The Kier molecular flexibility index (Phi) is 5.51. The molecule has 0 aliphatic rings. The van der Waals surface area contributed by atoms with E-state index in [1.54, 1.807) is 36.4 Å². The van der Waals surface area contributed by atoms with Crippen molar-refractivity contribution in [2.24, 2.45) is 0 Å². The average Bonchev–Trinajstić information content (AvgIpc) is 2.45. The number of anilines is 1. The minimum Gasteiger partial charge on any atom is -0.492 e. The van der Waals surface area contributed by atoms with E-state index in [9.17, 15) is 4.79 Å². The molecule has 0 saturated heterocycles. The van der Waals surface area contributed by atoms with E-state index in [1.165, 1.54) is 0 Å². The van der Waals surface area contributed by atoms with E-state index in [0.717, 1.165) is 0 Å². The smallest absolute Gasteiger partial charge is 0.257 e. The Morgan fingerprint density at radius 1 is 1.29 bits per heavy atom. The number of hydrogen-bond donors (Lipinski definition) is 1. The fraction of sp³-hybridized carbons (Fsp3) is 0.133. The van der Waals surface area contributed by atoms with Crippen molar-refractivity contribution in [2.75, 3.05) is 11.9 Å². The number of carbonyl (C=O) groups excluding carboxylic acids is 1. The fourth-order valence-corrected chi connectivity index (χ4v) is 2.50. The van der Waals surface area contributed by atoms with Crippen molar-refractivity contribution in [1.29, 1.82) is 0 Å². The van der Waals surface area contributed by atoms with Gasteiger partial charge in [0.25, 0.3) is 5.91 Å². The van der Waals surface area contributed by atoms with Gasteiger partial charge < -0.3 is 10.1 Å². The molecule has 3 nitrogen and oxygen atoms in total. The summed E-state index contributed by atoms with van der Waals surface area (Å²) in [5, 5.41) is 3.63. The molecule has 0 unspecified atom stereocenters. The van der Waals surface area contributed by atoms with Crippen molar-refractivity contribution in [3.05, 3.63) is 56.5 Å². The van der Waals surface area contributed by atoms with Crippen LogP contribution in [-0.2, 0) is 0 Å². The molecule has 2 aromatic rings. The molecule has 21 heavy (non-hydrogen) atoms. The number of ether oxygens (including phenoxy) is 1. The van der Waals surface area contributed by atoms with Crippen LogP contribution in [-0.4, -0.2) is 12.5 Å². The van der Waals surface area contributed by atoms with E-state index in [0.29, 0.717) is 38.1 Å². The molecule has 0 heterocycles. The number of nitrogens with one attached hydrogen (secondary N) is 1. The van der Waals surface area contributed by atoms with Crippen LogP contribution in [0.2, 0.25) is 10.0 Å². The number of hydrogen-bond acceptors (Lipinski definition) is 2. The Bertz CT molecular complexity index is 677. The third kappa shape index (κ3) is 3.90. The second-order valence-corrected chi connectivity index (χ2v) is 5.80. The van der Waals surface area contributed by atoms with E-state index in [2.05, 4.69) is 21.2 Å². The van der Waals surface area contributed by atoms with Crippen molar-refractivity contribution in [3.8, 4) is 5.75 Å². The molecule has 1 amide bonds. The first-order chi connectivity index (χ1) is 10.0. The summed E-state index contributed by atoms with van der Waals surface area (Å²) >= 11 is 15.4. The van der Waals surface area contributed by atoms with Crippen molar-refractivity contribution >= 4 is 50.7 Å². The molecule has 0 aromatic heterocycles. The molecule has 0 radical (unpaired) electrons. The van der Waals surface area contributed by atoms with Gasteiger partial charge in [-0.05, 0) is 53.2 Å². The van der Waals surface area contributed by atoms with Crippen molar-refractivity contribution in [2.45, 2.75) is 6.92 Å². The van der Waals surface area contributed by atoms with Gasteiger partial charge in [0.1, 0.15) is 5.75 Å². The van der Waals surface area contributed by atoms with Gasteiger partial charge in [0.2, 0.25) is 0 Å². The number of rotatable bonds is 4. The maximum absolute atomic E-state index is 12.3. The SMILES string of the molecule is CCOc1ccc(Cl)cc1NC(=O)c1cccc(Br)c1Cl. The van der Waals surface area contributed by atoms with Crippen molar-refractivity contribution in [1.82, 2.24) is 0 Å². The lowest BCUT2D eigenvalue weighted by Gasteiger charge is -2.12. The van der Waals surface area contributed by atoms with Crippen LogP contribution in [0.1, 0.15) is 17.3 Å². The minimum absolute atomic E-state index is 0.329. The Morgan fingerprint density at radius 3 is 2.76 bits per heavy atom. The van der Waals surface area contributed by atoms with Crippen LogP contribution in [0.4, 0.5) is 5.69 Å². The van der Waals surface area contributed by atoms with E-state index in [4.69, 9.17) is 27.9 Å². The maximum Gasteiger partial charge on any atom is 0.257 e. The van der Waals surface area contributed by atoms with E-state index >= 15 is 0 Å². The van der Waals surface area contributed by atoms with E-state index in [-0.39, 0.29) is 5.91 Å². The zero-order valence-electron chi connectivity index (χ0n) is 11.1. The van der Waals surface area contributed by atoms with Crippen LogP contribution in [0, 0.1) is 0 Å². The van der Waals surface area contributed by atoms with Gasteiger partial charge in [0.05, 0.1) is 22.9 Å². The first-order valence-corrected chi connectivity index (χ1v) is 7.75. The molecule has 110 valence electrons. The summed E-state index contributed by atoms with van der Waals surface area (Å²) < 4.78 is 6.13. The summed E-state index contributed by atoms with van der Waals surface area (Å²) in [4.78, 5) is 12.3. The van der Waals surface area contributed by atoms with Gasteiger partial charge in [0.15, 0.2) is 0 Å². The summed E-state index contributed by atoms with van der Waals surface area (Å²) in [7, 11) is 0. The average molecular weight is 389 g/mol. The zero-order chi connectivity index (χ0) is 15.4. The van der Waals surface area contributed by atoms with Gasteiger partial charge in [-0.3, -0.25) is 4.79 Å². The number of benzene rings is 2. The second-order valence-electron chi connectivity index (χ2n) is 4.13. The van der Waals surface area contributed by atoms with Crippen LogP contribution in [0.5, 0.6) is 5.75 Å². The summed E-state index contributed by atoms with van der Waals surface area (Å²) in [5.74, 6) is 0.228. The van der Waals surface area contributed by atoms with Gasteiger partial charge in [-0.2, -0.15) is 0 Å². The molecule has 2 aromatic carbocycles. The highest BCUT2D eigenvalue weighted by atomic mass is 79.9. The molecule has 0 atom stereocenters. The topological polar surface area (TPSA) is 38.3 Å². The third-order valence-corrected chi connectivity index (χ3v) is 4.22. The van der Waals surface area contributed by atoms with Gasteiger partial charge >= 0.3 is 0 Å². The lowest BCUT2D eigenvalue weighted by molar-refractivity contribution is 0.102. The normalized spacial score (nSPS) is 10.3. The molecule has 0 aliphatic carbocycles. The molecule has 0 bridgehead atoms. The van der Waals surface area contributed by atoms with E-state index in [1.807, 2.05) is 6.92 Å². The van der Waals surface area contributed by atoms with Gasteiger partial charge in [-0.25, -0.2) is 0 Å². The summed E-state index contributed by atoms with van der Waals surface area (Å²) in [6.45, 7) is 2.35. The lowest BCUT2D eigenvalue weighted by Crippen LogP contribution is -2.13. The van der Waals surface area contributed by atoms with Crippen LogP contribution < -0.4 is 10.1 Å². The molecule has 0 aliphatic heterocycles. The third-order valence-electron chi connectivity index (χ3n) is 2.69. The Labute approximate surface area is 141 Å². The summed E-state index contributed by atoms with van der Waals surface area (Å²) in [6, 6.07) is 10.2. The van der Waals surface area contributed by atoms with Crippen LogP contribution in [0.15, 0.2) is 40.9 Å². The highest BCUT2D eigenvalue weighted by Crippen LogP contribution is 2.30. The maximum atomic E-state index is 12.3. The van der Waals surface area contributed by atoms with Crippen LogP contribution in [0.3, 0.4) is 0 Å². The first kappa shape index (κ1) is 16.1. The van der Waals surface area contributed by atoms with Crippen LogP contribution >= 0.6 is 39.1 Å². The van der Waals surface area contributed by atoms with Gasteiger partial charge in [-0.15, -0.1) is 0 Å².